The highest BCUT2D eigenvalue weighted by molar-refractivity contribution is 6.02. The maximum absolute atomic E-state index is 12.6. The Labute approximate surface area is 157 Å². The number of hydrogen-bond acceptors (Lipinski definition) is 4. The summed E-state index contributed by atoms with van der Waals surface area (Å²) < 4.78 is 6.72. The topological polar surface area (TPSA) is 61.2 Å². The molecule has 0 radical (unpaired) electrons. The Balaban J connectivity index is 1.82. The number of esters is 1. The first-order valence-electron chi connectivity index (χ1n) is 9.09. The number of benzene rings is 2. The SMILES string of the molecule is CCCCn1nc(C(=O)OC/C=C/c2ccccc2)c2ccccc2c1=O. The second-order valence-corrected chi connectivity index (χ2v) is 6.19. The molecule has 27 heavy (non-hydrogen) atoms. The van der Waals surface area contributed by atoms with Gasteiger partial charge in [-0.2, -0.15) is 5.10 Å². The van der Waals surface area contributed by atoms with E-state index in [4.69, 9.17) is 4.74 Å². The minimum Gasteiger partial charge on any atom is -0.457 e. The fourth-order valence-corrected chi connectivity index (χ4v) is 2.79. The molecule has 0 saturated carbocycles. The van der Waals surface area contributed by atoms with E-state index in [1.54, 1.807) is 30.3 Å². The number of hydrogen-bond donors (Lipinski definition) is 0. The predicted octanol–water partition coefficient (Wildman–Crippen LogP) is 4.07. The molecule has 0 amide bonds. The fourth-order valence-electron chi connectivity index (χ4n) is 2.79. The highest BCUT2D eigenvalue weighted by Crippen LogP contribution is 2.14. The molecule has 0 aliphatic heterocycles. The van der Waals surface area contributed by atoms with Crippen molar-refractivity contribution < 1.29 is 9.53 Å². The molecule has 0 N–H and O–H groups in total. The third kappa shape index (κ3) is 4.50. The predicted molar refractivity (Wildman–Crippen MR) is 107 cm³/mol. The third-order valence-electron chi connectivity index (χ3n) is 4.21. The average molecular weight is 362 g/mol. The number of fused-ring (bicyclic) bond motifs is 1. The average Bonchev–Trinajstić information content (AvgIpc) is 2.71. The Morgan fingerprint density at radius 3 is 2.52 bits per heavy atom. The lowest BCUT2D eigenvalue weighted by atomic mass is 10.1. The van der Waals surface area contributed by atoms with Crippen molar-refractivity contribution in [2.24, 2.45) is 0 Å². The molecule has 1 heterocycles. The summed E-state index contributed by atoms with van der Waals surface area (Å²) >= 11 is 0. The van der Waals surface area contributed by atoms with Crippen molar-refractivity contribution in [1.82, 2.24) is 9.78 Å². The summed E-state index contributed by atoms with van der Waals surface area (Å²) in [5.74, 6) is -0.533. The third-order valence-corrected chi connectivity index (χ3v) is 4.21. The molecule has 1 aromatic heterocycles. The largest absolute Gasteiger partial charge is 0.457 e. The highest BCUT2D eigenvalue weighted by Gasteiger charge is 2.17. The minimum absolute atomic E-state index is 0.137. The van der Waals surface area contributed by atoms with Gasteiger partial charge in [0.15, 0.2) is 5.69 Å². The standard InChI is InChI=1S/C22H22N2O3/c1-2-3-15-24-21(25)19-14-8-7-13-18(19)20(23-24)22(26)27-16-9-12-17-10-5-4-6-11-17/h4-14H,2-3,15-16H2,1H3/b12-9+. The second-order valence-electron chi connectivity index (χ2n) is 6.19. The lowest BCUT2D eigenvalue weighted by Crippen LogP contribution is -2.26. The Morgan fingerprint density at radius 1 is 1.07 bits per heavy atom. The van der Waals surface area contributed by atoms with Crippen LogP contribution >= 0.6 is 0 Å². The van der Waals surface area contributed by atoms with Crippen molar-refractivity contribution in [3.8, 4) is 0 Å². The van der Waals surface area contributed by atoms with E-state index < -0.39 is 5.97 Å². The number of aryl methyl sites for hydroxylation is 1. The van der Waals surface area contributed by atoms with Crippen LogP contribution in [0.3, 0.4) is 0 Å². The van der Waals surface area contributed by atoms with Gasteiger partial charge in [-0.15, -0.1) is 0 Å². The lowest BCUT2D eigenvalue weighted by Gasteiger charge is -2.10. The fraction of sp³-hybridized carbons (Fsp3) is 0.227. The summed E-state index contributed by atoms with van der Waals surface area (Å²) in [4.78, 5) is 25.1. The molecule has 0 fully saturated rings. The number of nitrogens with zero attached hydrogens (tertiary/aromatic N) is 2. The van der Waals surface area contributed by atoms with E-state index in [0.717, 1.165) is 18.4 Å². The summed E-state index contributed by atoms with van der Waals surface area (Å²) in [5.41, 5.74) is 1.03. The molecule has 5 heteroatoms. The normalized spacial score (nSPS) is 11.1. The molecular formula is C22H22N2O3. The van der Waals surface area contributed by atoms with Crippen LogP contribution in [0.4, 0.5) is 0 Å². The zero-order chi connectivity index (χ0) is 19.1. The van der Waals surface area contributed by atoms with Gasteiger partial charge in [0.1, 0.15) is 6.61 Å². The molecule has 0 aliphatic rings. The first kappa shape index (κ1) is 18.6. The zero-order valence-corrected chi connectivity index (χ0v) is 15.3. The molecule has 0 aliphatic carbocycles. The Bertz CT molecular complexity index is 1010. The van der Waals surface area contributed by atoms with E-state index in [9.17, 15) is 9.59 Å². The van der Waals surface area contributed by atoms with Gasteiger partial charge in [-0.25, -0.2) is 9.48 Å². The van der Waals surface area contributed by atoms with Crippen LogP contribution in [0.2, 0.25) is 0 Å². The van der Waals surface area contributed by atoms with Crippen molar-refractivity contribution in [2.45, 2.75) is 26.3 Å². The zero-order valence-electron chi connectivity index (χ0n) is 15.3. The molecule has 0 bridgehead atoms. The van der Waals surface area contributed by atoms with Crippen LogP contribution in [-0.2, 0) is 11.3 Å². The number of unbranched alkanes of at least 4 members (excludes halogenated alkanes) is 1. The van der Waals surface area contributed by atoms with Crippen molar-refractivity contribution >= 4 is 22.8 Å². The van der Waals surface area contributed by atoms with Gasteiger partial charge < -0.3 is 4.74 Å². The van der Waals surface area contributed by atoms with Crippen LogP contribution in [0, 0.1) is 0 Å². The molecule has 138 valence electrons. The van der Waals surface area contributed by atoms with E-state index >= 15 is 0 Å². The number of ether oxygens (including phenoxy) is 1. The molecule has 0 atom stereocenters. The van der Waals surface area contributed by atoms with Gasteiger partial charge in [0.25, 0.3) is 5.56 Å². The maximum Gasteiger partial charge on any atom is 0.359 e. The maximum atomic E-state index is 12.6. The van der Waals surface area contributed by atoms with Crippen molar-refractivity contribution in [3.05, 3.63) is 82.3 Å². The van der Waals surface area contributed by atoms with Crippen molar-refractivity contribution in [3.63, 3.8) is 0 Å². The molecule has 2 aromatic carbocycles. The van der Waals surface area contributed by atoms with E-state index in [2.05, 4.69) is 5.10 Å². The van der Waals surface area contributed by atoms with Gasteiger partial charge in [-0.05, 0) is 24.1 Å². The van der Waals surface area contributed by atoms with Crippen LogP contribution in [0.15, 0.2) is 65.5 Å². The molecule has 0 unspecified atom stereocenters. The quantitative estimate of drug-likeness (QED) is 0.595. The summed E-state index contributed by atoms with van der Waals surface area (Å²) in [6.45, 7) is 2.66. The van der Waals surface area contributed by atoms with Crippen LogP contribution in [0.1, 0.15) is 35.8 Å². The van der Waals surface area contributed by atoms with Gasteiger partial charge in [-0.1, -0.05) is 68.0 Å². The first-order valence-corrected chi connectivity index (χ1v) is 9.09. The monoisotopic (exact) mass is 362 g/mol. The van der Waals surface area contributed by atoms with E-state index in [1.165, 1.54) is 4.68 Å². The molecule has 3 aromatic rings. The molecule has 5 nitrogen and oxygen atoms in total. The summed E-state index contributed by atoms with van der Waals surface area (Å²) in [5, 5.41) is 5.28. The molecule has 0 saturated heterocycles. The van der Waals surface area contributed by atoms with Gasteiger partial charge in [0, 0.05) is 11.9 Å². The van der Waals surface area contributed by atoms with Gasteiger partial charge >= 0.3 is 5.97 Å². The number of carbonyl (C=O) groups excluding carboxylic acids is 1. The van der Waals surface area contributed by atoms with E-state index in [1.807, 2.05) is 43.3 Å². The van der Waals surface area contributed by atoms with Gasteiger partial charge in [-0.3, -0.25) is 4.79 Å². The summed E-state index contributed by atoms with van der Waals surface area (Å²) in [7, 11) is 0. The highest BCUT2D eigenvalue weighted by atomic mass is 16.5. The van der Waals surface area contributed by atoms with Crippen LogP contribution in [-0.4, -0.2) is 22.4 Å². The summed E-state index contributed by atoms with van der Waals surface area (Å²) in [6.07, 6.45) is 5.42. The van der Waals surface area contributed by atoms with Crippen molar-refractivity contribution in [1.29, 1.82) is 0 Å². The van der Waals surface area contributed by atoms with E-state index in [0.29, 0.717) is 17.3 Å². The Kier molecular flexibility index (Phi) is 6.15. The van der Waals surface area contributed by atoms with Gasteiger partial charge in [0.2, 0.25) is 0 Å². The van der Waals surface area contributed by atoms with Crippen LogP contribution < -0.4 is 5.56 Å². The second kappa shape index (κ2) is 8.94. The van der Waals surface area contributed by atoms with Crippen molar-refractivity contribution in [2.75, 3.05) is 6.61 Å². The Hall–Kier alpha value is -3.21. The Morgan fingerprint density at radius 2 is 1.78 bits per heavy atom. The molecule has 0 spiro atoms. The van der Waals surface area contributed by atoms with Gasteiger partial charge in [0.05, 0.1) is 5.39 Å². The number of carbonyl (C=O) groups is 1. The summed E-state index contributed by atoms with van der Waals surface area (Å²) in [6, 6.07) is 16.8. The molecular weight excluding hydrogens is 340 g/mol. The van der Waals surface area contributed by atoms with E-state index in [-0.39, 0.29) is 17.9 Å². The first-order chi connectivity index (χ1) is 13.2. The van der Waals surface area contributed by atoms with Crippen LogP contribution in [0.5, 0.6) is 0 Å². The smallest absolute Gasteiger partial charge is 0.359 e. The minimum atomic E-state index is -0.533. The molecule has 3 rings (SSSR count). The van der Waals surface area contributed by atoms with Crippen LogP contribution in [0.25, 0.3) is 16.8 Å². The lowest BCUT2D eigenvalue weighted by molar-refractivity contribution is 0.0542. The number of rotatable bonds is 7. The number of aromatic nitrogens is 2.